The van der Waals surface area contributed by atoms with Crippen molar-refractivity contribution in [2.45, 2.75) is 91.8 Å². The van der Waals surface area contributed by atoms with E-state index in [0.29, 0.717) is 42.7 Å². The Balaban J connectivity index is 0.00000135. The summed E-state index contributed by atoms with van der Waals surface area (Å²) >= 11 is 0. The van der Waals surface area contributed by atoms with Crippen LogP contribution in [0.3, 0.4) is 0 Å². The predicted molar refractivity (Wildman–Crippen MR) is 168 cm³/mol. The van der Waals surface area contributed by atoms with Crippen molar-refractivity contribution in [1.29, 1.82) is 0 Å². The van der Waals surface area contributed by atoms with Crippen molar-refractivity contribution in [3.8, 4) is 5.69 Å². The molecule has 1 aromatic carbocycles. The molecule has 232 valence electrons. The highest BCUT2D eigenvalue weighted by Crippen LogP contribution is 2.32. The number of Topliss-reactive ketones (excluding diaryl/α,β-unsaturated/α-hetero) is 1. The highest BCUT2D eigenvalue weighted by molar-refractivity contribution is 6.10. The van der Waals surface area contributed by atoms with Gasteiger partial charge in [-0.3, -0.25) is 19.4 Å². The standard InChI is InChI=1S/C31H38FN5O3.C3H8/c1-19(2)37(20(3)4)30(39)24-16-22(32)7-8-27(24)36-18-25(23-9-13-33-17-28(23)36)29(38)21-10-14-35(15-11-21)31(40)26-6-5-12-34-26;1-3-2/h7-9,13,16-21,26,34H,5-6,10-12,14-15H2,1-4H3;3H2,1-2H3. The molecule has 2 aliphatic heterocycles. The Labute approximate surface area is 254 Å². The van der Waals surface area contributed by atoms with Crippen LogP contribution in [0.15, 0.2) is 42.9 Å². The van der Waals surface area contributed by atoms with Crippen LogP contribution >= 0.6 is 0 Å². The van der Waals surface area contributed by atoms with Crippen LogP contribution in [0, 0.1) is 11.7 Å². The molecule has 0 bridgehead atoms. The number of likely N-dealkylation sites (tertiary alicyclic amines) is 1. The molecule has 1 atom stereocenters. The lowest BCUT2D eigenvalue weighted by Gasteiger charge is -2.33. The normalized spacial score (nSPS) is 17.3. The smallest absolute Gasteiger partial charge is 0.256 e. The number of nitrogens with zero attached hydrogens (tertiary/aromatic N) is 4. The molecule has 8 nitrogen and oxygen atoms in total. The maximum atomic E-state index is 14.5. The van der Waals surface area contributed by atoms with Gasteiger partial charge in [0.2, 0.25) is 5.91 Å². The number of fused-ring (bicyclic) bond motifs is 1. The number of nitrogens with one attached hydrogen (secondary N) is 1. The summed E-state index contributed by atoms with van der Waals surface area (Å²) in [5.74, 6) is -0.829. The lowest BCUT2D eigenvalue weighted by molar-refractivity contribution is -0.134. The van der Waals surface area contributed by atoms with Crippen LogP contribution in [0.2, 0.25) is 0 Å². The summed E-state index contributed by atoms with van der Waals surface area (Å²) in [5, 5.41) is 4.01. The van der Waals surface area contributed by atoms with Gasteiger partial charge in [0.25, 0.3) is 5.91 Å². The Morgan fingerprint density at radius 3 is 2.30 bits per heavy atom. The first-order valence-corrected chi connectivity index (χ1v) is 15.7. The molecule has 2 aromatic heterocycles. The maximum Gasteiger partial charge on any atom is 0.256 e. The van der Waals surface area contributed by atoms with E-state index in [2.05, 4.69) is 24.1 Å². The third-order valence-corrected chi connectivity index (χ3v) is 8.20. The van der Waals surface area contributed by atoms with Gasteiger partial charge in [0.15, 0.2) is 5.78 Å². The molecule has 3 aromatic rings. The first kappa shape index (κ1) is 32.3. The van der Waals surface area contributed by atoms with Crippen molar-refractivity contribution >= 4 is 28.5 Å². The van der Waals surface area contributed by atoms with E-state index < -0.39 is 5.82 Å². The Hall–Kier alpha value is -3.59. The third-order valence-electron chi connectivity index (χ3n) is 8.20. The number of piperidine rings is 1. The van der Waals surface area contributed by atoms with Gasteiger partial charge in [0, 0.05) is 54.4 Å². The summed E-state index contributed by atoms with van der Waals surface area (Å²) in [4.78, 5) is 48.3. The van der Waals surface area contributed by atoms with Crippen LogP contribution in [0.1, 0.15) is 94.4 Å². The molecule has 9 heteroatoms. The first-order chi connectivity index (χ1) is 20.6. The number of aromatic nitrogens is 2. The minimum absolute atomic E-state index is 0.0158. The van der Waals surface area contributed by atoms with Gasteiger partial charge < -0.3 is 19.7 Å². The molecule has 43 heavy (non-hydrogen) atoms. The van der Waals surface area contributed by atoms with Gasteiger partial charge in [-0.2, -0.15) is 0 Å². The summed E-state index contributed by atoms with van der Waals surface area (Å²) < 4.78 is 16.3. The van der Waals surface area contributed by atoms with Gasteiger partial charge in [0.05, 0.1) is 29.0 Å². The van der Waals surface area contributed by atoms with Gasteiger partial charge in [0.1, 0.15) is 5.82 Å². The Kier molecular flexibility index (Phi) is 10.7. The van der Waals surface area contributed by atoms with Crippen LogP contribution in [-0.4, -0.2) is 74.7 Å². The van der Waals surface area contributed by atoms with Crippen molar-refractivity contribution in [3.63, 3.8) is 0 Å². The lowest BCUT2D eigenvalue weighted by Crippen LogP contribution is -2.47. The minimum atomic E-state index is -0.500. The van der Waals surface area contributed by atoms with E-state index in [1.165, 1.54) is 18.6 Å². The van der Waals surface area contributed by atoms with Gasteiger partial charge >= 0.3 is 0 Å². The Morgan fingerprint density at radius 2 is 1.70 bits per heavy atom. The van der Waals surface area contributed by atoms with Gasteiger partial charge in [-0.25, -0.2) is 4.39 Å². The molecule has 0 spiro atoms. The second kappa shape index (κ2) is 14.3. The van der Waals surface area contributed by atoms with E-state index in [0.717, 1.165) is 24.8 Å². The fraction of sp³-hybridized carbons (Fsp3) is 0.529. The molecule has 0 saturated carbocycles. The van der Waals surface area contributed by atoms with E-state index >= 15 is 0 Å². The number of hydrogen-bond acceptors (Lipinski definition) is 5. The quantitative estimate of drug-likeness (QED) is 0.340. The zero-order valence-corrected chi connectivity index (χ0v) is 26.4. The van der Waals surface area contributed by atoms with Crippen LogP contribution in [0.5, 0.6) is 0 Å². The molecule has 2 amide bonds. The SMILES string of the molecule is CC(C)N(C(=O)c1cc(F)ccc1-n1cc(C(=O)C2CCN(C(=O)C3CCCN3)CC2)c2ccncc21)C(C)C.CCC. The number of pyridine rings is 1. The van der Waals surface area contributed by atoms with E-state index in [4.69, 9.17) is 0 Å². The van der Waals surface area contributed by atoms with E-state index in [1.807, 2.05) is 38.7 Å². The highest BCUT2D eigenvalue weighted by Gasteiger charge is 2.33. The second-order valence-corrected chi connectivity index (χ2v) is 12.2. The number of carbonyl (C=O) groups excluding carboxylic acids is 3. The topological polar surface area (TPSA) is 87.5 Å². The minimum Gasteiger partial charge on any atom is -0.341 e. The second-order valence-electron chi connectivity index (χ2n) is 12.2. The molecule has 4 heterocycles. The van der Waals surface area contributed by atoms with E-state index in [9.17, 15) is 18.8 Å². The largest absolute Gasteiger partial charge is 0.341 e. The van der Waals surface area contributed by atoms with Crippen molar-refractivity contribution in [1.82, 2.24) is 24.7 Å². The van der Waals surface area contributed by atoms with Crippen molar-refractivity contribution in [3.05, 3.63) is 59.8 Å². The summed E-state index contributed by atoms with van der Waals surface area (Å²) in [7, 11) is 0. The molecule has 0 aliphatic carbocycles. The van der Waals surface area contributed by atoms with E-state index in [-0.39, 0.29) is 47.2 Å². The van der Waals surface area contributed by atoms with E-state index in [1.54, 1.807) is 34.1 Å². The van der Waals surface area contributed by atoms with Crippen molar-refractivity contribution < 1.29 is 18.8 Å². The molecular weight excluding hydrogens is 545 g/mol. The predicted octanol–water partition coefficient (Wildman–Crippen LogP) is 6.01. The molecular formula is C34H46FN5O3. The fourth-order valence-electron chi connectivity index (χ4n) is 6.26. The zero-order valence-electron chi connectivity index (χ0n) is 26.4. The number of hydrogen-bond donors (Lipinski definition) is 1. The number of halogens is 1. The molecule has 2 saturated heterocycles. The molecule has 2 fully saturated rings. The Bertz CT molecular complexity index is 1430. The first-order valence-electron chi connectivity index (χ1n) is 15.7. The number of ketones is 1. The Morgan fingerprint density at radius 1 is 1.02 bits per heavy atom. The van der Waals surface area contributed by atoms with Crippen LogP contribution in [0.25, 0.3) is 16.6 Å². The molecule has 2 aliphatic rings. The highest BCUT2D eigenvalue weighted by atomic mass is 19.1. The van der Waals surface area contributed by atoms with Crippen LogP contribution < -0.4 is 5.32 Å². The average Bonchev–Trinajstić information content (AvgIpc) is 3.66. The summed E-state index contributed by atoms with van der Waals surface area (Å²) in [6, 6.07) is 5.73. The van der Waals surface area contributed by atoms with Crippen LogP contribution in [0.4, 0.5) is 4.39 Å². The van der Waals surface area contributed by atoms with Crippen molar-refractivity contribution in [2.24, 2.45) is 5.92 Å². The molecule has 5 rings (SSSR count). The van der Waals surface area contributed by atoms with Gasteiger partial charge in [-0.15, -0.1) is 0 Å². The van der Waals surface area contributed by atoms with Gasteiger partial charge in [-0.05, 0) is 84.2 Å². The lowest BCUT2D eigenvalue weighted by atomic mass is 9.88. The monoisotopic (exact) mass is 591 g/mol. The fourth-order valence-corrected chi connectivity index (χ4v) is 6.26. The maximum absolute atomic E-state index is 14.5. The number of benzene rings is 1. The average molecular weight is 592 g/mol. The third kappa shape index (κ3) is 6.98. The van der Waals surface area contributed by atoms with Crippen LogP contribution in [-0.2, 0) is 4.79 Å². The molecule has 0 radical (unpaired) electrons. The van der Waals surface area contributed by atoms with Gasteiger partial charge in [-0.1, -0.05) is 20.3 Å². The summed E-state index contributed by atoms with van der Waals surface area (Å²) in [5.41, 5.74) is 1.95. The summed E-state index contributed by atoms with van der Waals surface area (Å²) in [6.07, 6.45) is 9.41. The number of carbonyl (C=O) groups is 3. The zero-order chi connectivity index (χ0) is 31.3. The molecule has 1 N–H and O–H groups in total. The number of amides is 2. The summed E-state index contributed by atoms with van der Waals surface area (Å²) in [6.45, 7) is 14.0. The van der Waals surface area contributed by atoms with Crippen molar-refractivity contribution in [2.75, 3.05) is 19.6 Å². The molecule has 1 unspecified atom stereocenters. The number of rotatable bonds is 7.